The third-order valence-corrected chi connectivity index (χ3v) is 8.46. The predicted molar refractivity (Wildman–Crippen MR) is 121 cm³/mol. The van der Waals surface area contributed by atoms with Crippen LogP contribution in [0.4, 0.5) is 0 Å². The van der Waals surface area contributed by atoms with E-state index in [9.17, 15) is 9.59 Å². The zero-order valence-corrected chi connectivity index (χ0v) is 19.0. The first kappa shape index (κ1) is 21.0. The van der Waals surface area contributed by atoms with Crippen LogP contribution in [0.3, 0.4) is 0 Å². The first-order chi connectivity index (χ1) is 15.0. The molecule has 0 N–H and O–H groups in total. The van der Waals surface area contributed by atoms with Gasteiger partial charge in [-0.1, -0.05) is 30.3 Å². The first-order valence-electron chi connectivity index (χ1n) is 12.3. The van der Waals surface area contributed by atoms with Crippen molar-refractivity contribution in [2.24, 2.45) is 23.2 Å². The zero-order chi connectivity index (χ0) is 21.4. The van der Waals surface area contributed by atoms with Crippen LogP contribution in [-0.4, -0.2) is 66.3 Å². The molecular formula is C26H37N3O2. The maximum atomic E-state index is 13.0. The highest BCUT2D eigenvalue weighted by Crippen LogP contribution is 2.61. The molecule has 0 radical (unpaired) electrons. The van der Waals surface area contributed by atoms with Gasteiger partial charge in [0.1, 0.15) is 0 Å². The smallest absolute Gasteiger partial charge is 0.242 e. The molecule has 1 aromatic rings. The van der Waals surface area contributed by atoms with Gasteiger partial charge in [0.05, 0.1) is 6.54 Å². The van der Waals surface area contributed by atoms with Gasteiger partial charge >= 0.3 is 0 Å². The number of piperazine rings is 1. The van der Waals surface area contributed by atoms with Gasteiger partial charge in [0.25, 0.3) is 0 Å². The van der Waals surface area contributed by atoms with E-state index in [2.05, 4.69) is 29.2 Å². The van der Waals surface area contributed by atoms with Crippen molar-refractivity contribution >= 4 is 11.8 Å². The number of likely N-dealkylation sites (N-methyl/N-ethyl adjacent to an activating group) is 1. The van der Waals surface area contributed by atoms with Gasteiger partial charge in [-0.15, -0.1) is 0 Å². The highest BCUT2D eigenvalue weighted by molar-refractivity contribution is 5.85. The second kappa shape index (κ2) is 8.57. The van der Waals surface area contributed by atoms with Gasteiger partial charge in [-0.25, -0.2) is 0 Å². The summed E-state index contributed by atoms with van der Waals surface area (Å²) < 4.78 is 0. The number of hydrogen-bond donors (Lipinski definition) is 0. The summed E-state index contributed by atoms with van der Waals surface area (Å²) in [6, 6.07) is 10.5. The number of benzene rings is 1. The summed E-state index contributed by atoms with van der Waals surface area (Å²) in [6.45, 7) is 4.46. The Morgan fingerprint density at radius 1 is 0.935 bits per heavy atom. The van der Waals surface area contributed by atoms with Crippen LogP contribution in [0, 0.1) is 23.2 Å². The lowest BCUT2D eigenvalue weighted by atomic mass is 9.49. The summed E-state index contributed by atoms with van der Waals surface area (Å²) in [6.07, 6.45) is 8.60. The number of nitrogens with zero attached hydrogens (tertiary/aromatic N) is 3. The summed E-state index contributed by atoms with van der Waals surface area (Å²) >= 11 is 0. The monoisotopic (exact) mass is 423 g/mol. The van der Waals surface area contributed by atoms with Crippen molar-refractivity contribution in [3.05, 3.63) is 35.9 Å². The molecule has 5 aliphatic rings. The van der Waals surface area contributed by atoms with Crippen LogP contribution < -0.4 is 0 Å². The Bertz CT molecular complexity index is 765. The largest absolute Gasteiger partial charge is 0.339 e. The Balaban J connectivity index is 1.09. The fourth-order valence-corrected chi connectivity index (χ4v) is 7.35. The second-order valence-electron chi connectivity index (χ2n) is 11.0. The fourth-order valence-electron chi connectivity index (χ4n) is 7.35. The van der Waals surface area contributed by atoms with E-state index in [1.807, 2.05) is 18.0 Å². The Kier molecular flexibility index (Phi) is 5.80. The van der Waals surface area contributed by atoms with Gasteiger partial charge in [-0.2, -0.15) is 0 Å². The Labute approximate surface area is 186 Å². The molecule has 1 heterocycles. The second-order valence-corrected chi connectivity index (χ2v) is 11.0. The van der Waals surface area contributed by atoms with Gasteiger partial charge in [0.15, 0.2) is 0 Å². The van der Waals surface area contributed by atoms with Crippen molar-refractivity contribution in [2.75, 3.05) is 39.8 Å². The first-order valence-corrected chi connectivity index (χ1v) is 12.3. The topological polar surface area (TPSA) is 43.9 Å². The molecule has 4 aliphatic carbocycles. The molecular weight excluding hydrogens is 386 g/mol. The standard InChI is InChI=1S/C26H37N3O2/c1-27(24(30)17-26-14-21-11-22(15-26)13-23(12-21)16-26)19-25(31)29-9-7-28(8-10-29)18-20-5-3-2-4-6-20/h2-6,21-23H,7-19H2,1H3. The van der Waals surface area contributed by atoms with E-state index in [1.165, 1.54) is 44.1 Å². The molecule has 1 aromatic carbocycles. The van der Waals surface area contributed by atoms with Crippen LogP contribution in [-0.2, 0) is 16.1 Å². The Morgan fingerprint density at radius 2 is 1.52 bits per heavy atom. The number of carbonyl (C=O) groups is 2. The highest BCUT2D eigenvalue weighted by atomic mass is 16.2. The van der Waals surface area contributed by atoms with Crippen molar-refractivity contribution in [3.8, 4) is 0 Å². The molecule has 5 heteroatoms. The van der Waals surface area contributed by atoms with Gasteiger partial charge in [0.2, 0.25) is 11.8 Å². The van der Waals surface area contributed by atoms with Crippen LogP contribution >= 0.6 is 0 Å². The van der Waals surface area contributed by atoms with E-state index in [0.717, 1.165) is 50.5 Å². The van der Waals surface area contributed by atoms with Crippen molar-refractivity contribution in [1.82, 2.24) is 14.7 Å². The highest BCUT2D eigenvalue weighted by Gasteiger charge is 2.51. The maximum Gasteiger partial charge on any atom is 0.242 e. The summed E-state index contributed by atoms with van der Waals surface area (Å²) in [5, 5.41) is 0. The van der Waals surface area contributed by atoms with Crippen LogP contribution in [0.2, 0.25) is 0 Å². The average Bonchev–Trinajstić information content (AvgIpc) is 2.73. The lowest BCUT2D eigenvalue weighted by Crippen LogP contribution is -2.52. The molecule has 1 saturated heterocycles. The molecule has 5 fully saturated rings. The summed E-state index contributed by atoms with van der Waals surface area (Å²) in [4.78, 5) is 32.0. The molecule has 2 amide bonds. The van der Waals surface area contributed by atoms with E-state index in [1.54, 1.807) is 4.90 Å². The number of carbonyl (C=O) groups excluding carboxylic acids is 2. The van der Waals surface area contributed by atoms with E-state index < -0.39 is 0 Å². The van der Waals surface area contributed by atoms with Crippen LogP contribution in [0.15, 0.2) is 30.3 Å². The molecule has 31 heavy (non-hydrogen) atoms. The molecule has 4 bridgehead atoms. The molecule has 1 aliphatic heterocycles. The lowest BCUT2D eigenvalue weighted by molar-refractivity contribution is -0.144. The minimum atomic E-state index is 0.0979. The zero-order valence-electron chi connectivity index (χ0n) is 19.0. The molecule has 5 nitrogen and oxygen atoms in total. The minimum Gasteiger partial charge on any atom is -0.339 e. The molecule has 0 aromatic heterocycles. The number of amides is 2. The van der Waals surface area contributed by atoms with E-state index in [4.69, 9.17) is 0 Å². The third kappa shape index (κ3) is 4.67. The minimum absolute atomic E-state index is 0.0979. The maximum absolute atomic E-state index is 13.0. The summed E-state index contributed by atoms with van der Waals surface area (Å²) in [7, 11) is 1.83. The SMILES string of the molecule is CN(CC(=O)N1CCN(Cc2ccccc2)CC1)C(=O)CC12CC3CC(CC(C3)C1)C2. The molecule has 0 unspecified atom stereocenters. The van der Waals surface area contributed by atoms with Gasteiger partial charge in [-0.3, -0.25) is 14.5 Å². The molecule has 168 valence electrons. The summed E-state index contributed by atoms with van der Waals surface area (Å²) in [5.74, 6) is 2.85. The van der Waals surface area contributed by atoms with Gasteiger partial charge < -0.3 is 9.80 Å². The summed E-state index contributed by atoms with van der Waals surface area (Å²) in [5.41, 5.74) is 1.56. The van der Waals surface area contributed by atoms with Gasteiger partial charge in [-0.05, 0) is 67.3 Å². The van der Waals surface area contributed by atoms with Crippen molar-refractivity contribution < 1.29 is 9.59 Å². The van der Waals surface area contributed by atoms with Crippen LogP contribution in [0.5, 0.6) is 0 Å². The number of hydrogen-bond acceptors (Lipinski definition) is 3. The molecule has 0 spiro atoms. The number of rotatable bonds is 6. The van der Waals surface area contributed by atoms with E-state index in [-0.39, 0.29) is 23.8 Å². The molecule has 0 atom stereocenters. The Morgan fingerprint density at radius 3 is 2.10 bits per heavy atom. The quantitative estimate of drug-likeness (QED) is 0.704. The molecule has 4 saturated carbocycles. The average molecular weight is 424 g/mol. The third-order valence-electron chi connectivity index (χ3n) is 8.46. The van der Waals surface area contributed by atoms with E-state index in [0.29, 0.717) is 6.42 Å². The van der Waals surface area contributed by atoms with Crippen LogP contribution in [0.1, 0.15) is 50.5 Å². The van der Waals surface area contributed by atoms with Crippen LogP contribution in [0.25, 0.3) is 0 Å². The lowest BCUT2D eigenvalue weighted by Gasteiger charge is -2.56. The van der Waals surface area contributed by atoms with Gasteiger partial charge in [0, 0.05) is 46.2 Å². The van der Waals surface area contributed by atoms with E-state index >= 15 is 0 Å². The normalized spacial score (nSPS) is 32.3. The van der Waals surface area contributed by atoms with Crippen molar-refractivity contribution in [1.29, 1.82) is 0 Å². The van der Waals surface area contributed by atoms with Crippen molar-refractivity contribution in [2.45, 2.75) is 51.5 Å². The predicted octanol–water partition coefficient (Wildman–Crippen LogP) is 3.40. The van der Waals surface area contributed by atoms with Crippen molar-refractivity contribution in [3.63, 3.8) is 0 Å². The Hall–Kier alpha value is -1.88. The molecule has 6 rings (SSSR count). The fraction of sp³-hybridized carbons (Fsp3) is 0.692.